The highest BCUT2D eigenvalue weighted by atomic mass is 32.1. The van der Waals surface area contributed by atoms with Crippen molar-refractivity contribution >= 4 is 11.3 Å². The summed E-state index contributed by atoms with van der Waals surface area (Å²) < 4.78 is 0. The molecule has 2 nitrogen and oxygen atoms in total. The largest absolute Gasteiger partial charge is 0.315 e. The van der Waals surface area contributed by atoms with E-state index in [-0.39, 0.29) is 0 Å². The fourth-order valence-electron chi connectivity index (χ4n) is 1.65. The molecule has 0 aromatic carbocycles. The van der Waals surface area contributed by atoms with E-state index in [0.717, 1.165) is 26.2 Å². The Morgan fingerprint density at radius 3 is 2.75 bits per heavy atom. The van der Waals surface area contributed by atoms with Crippen LogP contribution in [0, 0.1) is 0 Å². The first-order valence-corrected chi connectivity index (χ1v) is 7.09. The zero-order chi connectivity index (χ0) is 11.8. The maximum atomic E-state index is 3.46. The smallest absolute Gasteiger partial charge is 0.0331 e. The van der Waals surface area contributed by atoms with Crippen LogP contribution in [-0.2, 0) is 6.54 Å². The minimum absolute atomic E-state index is 0.616. The maximum Gasteiger partial charge on any atom is 0.0331 e. The summed E-state index contributed by atoms with van der Waals surface area (Å²) in [6, 6.07) is 4.97. The summed E-state index contributed by atoms with van der Waals surface area (Å²) >= 11 is 1.85. The second kappa shape index (κ2) is 7.82. The molecule has 0 fully saturated rings. The van der Waals surface area contributed by atoms with Crippen molar-refractivity contribution in [3.05, 3.63) is 22.4 Å². The van der Waals surface area contributed by atoms with Gasteiger partial charge in [-0.05, 0) is 38.3 Å². The first kappa shape index (κ1) is 13.7. The average Bonchev–Trinajstić information content (AvgIpc) is 2.75. The van der Waals surface area contributed by atoms with E-state index in [4.69, 9.17) is 0 Å². The van der Waals surface area contributed by atoms with Gasteiger partial charge < -0.3 is 5.32 Å². The Labute approximate surface area is 104 Å². The highest BCUT2D eigenvalue weighted by molar-refractivity contribution is 7.09. The van der Waals surface area contributed by atoms with Gasteiger partial charge in [-0.3, -0.25) is 4.90 Å². The van der Waals surface area contributed by atoms with Crippen molar-refractivity contribution in [1.82, 2.24) is 10.2 Å². The average molecular weight is 240 g/mol. The molecular weight excluding hydrogens is 216 g/mol. The van der Waals surface area contributed by atoms with Gasteiger partial charge in [0.1, 0.15) is 0 Å². The van der Waals surface area contributed by atoms with Crippen molar-refractivity contribution in [3.63, 3.8) is 0 Å². The summed E-state index contributed by atoms with van der Waals surface area (Å²) in [5, 5.41) is 5.62. The Balaban J connectivity index is 2.30. The van der Waals surface area contributed by atoms with Gasteiger partial charge in [-0.2, -0.15) is 0 Å². The molecule has 0 aliphatic carbocycles. The van der Waals surface area contributed by atoms with Crippen LogP contribution in [0.3, 0.4) is 0 Å². The van der Waals surface area contributed by atoms with Crippen LogP contribution in [0.25, 0.3) is 0 Å². The van der Waals surface area contributed by atoms with Gasteiger partial charge in [-0.1, -0.05) is 13.0 Å². The van der Waals surface area contributed by atoms with Crippen molar-refractivity contribution in [1.29, 1.82) is 0 Å². The Bertz CT molecular complexity index is 257. The molecule has 0 saturated heterocycles. The Morgan fingerprint density at radius 1 is 1.38 bits per heavy atom. The van der Waals surface area contributed by atoms with E-state index < -0.39 is 0 Å². The molecule has 0 aliphatic rings. The third kappa shape index (κ3) is 5.10. The number of rotatable bonds is 8. The summed E-state index contributed by atoms with van der Waals surface area (Å²) in [4.78, 5) is 3.98. The van der Waals surface area contributed by atoms with Crippen LogP contribution >= 0.6 is 11.3 Å². The van der Waals surface area contributed by atoms with E-state index in [2.05, 4.69) is 48.5 Å². The third-order valence-electron chi connectivity index (χ3n) is 2.67. The highest BCUT2D eigenvalue weighted by Crippen LogP contribution is 2.13. The molecule has 1 heterocycles. The van der Waals surface area contributed by atoms with Gasteiger partial charge in [-0.15, -0.1) is 11.3 Å². The lowest BCUT2D eigenvalue weighted by atomic mass is 10.3. The van der Waals surface area contributed by atoms with Crippen LogP contribution in [-0.4, -0.2) is 30.6 Å². The number of hydrogen-bond donors (Lipinski definition) is 1. The zero-order valence-corrected chi connectivity index (χ0v) is 11.5. The second-order valence-electron chi connectivity index (χ2n) is 4.39. The van der Waals surface area contributed by atoms with Crippen LogP contribution in [0.1, 0.15) is 32.1 Å². The molecule has 0 unspecified atom stereocenters. The fourth-order valence-corrected chi connectivity index (χ4v) is 2.38. The van der Waals surface area contributed by atoms with Gasteiger partial charge in [0.15, 0.2) is 0 Å². The Hall–Kier alpha value is -0.380. The van der Waals surface area contributed by atoms with Gasteiger partial charge >= 0.3 is 0 Å². The predicted molar refractivity (Wildman–Crippen MR) is 73.0 cm³/mol. The molecule has 0 spiro atoms. The van der Waals surface area contributed by atoms with Crippen LogP contribution < -0.4 is 5.32 Å². The Morgan fingerprint density at radius 2 is 2.19 bits per heavy atom. The van der Waals surface area contributed by atoms with Gasteiger partial charge in [0.05, 0.1) is 0 Å². The van der Waals surface area contributed by atoms with E-state index >= 15 is 0 Å². The monoisotopic (exact) mass is 240 g/mol. The molecular formula is C13H24N2S. The second-order valence-corrected chi connectivity index (χ2v) is 5.43. The minimum atomic E-state index is 0.616. The van der Waals surface area contributed by atoms with Crippen molar-refractivity contribution in [2.45, 2.75) is 39.8 Å². The van der Waals surface area contributed by atoms with Crippen molar-refractivity contribution in [2.24, 2.45) is 0 Å². The van der Waals surface area contributed by atoms with Crippen LogP contribution in [0.4, 0.5) is 0 Å². The molecule has 1 aromatic heterocycles. The molecule has 92 valence electrons. The van der Waals surface area contributed by atoms with Crippen LogP contribution in [0.15, 0.2) is 17.5 Å². The fraction of sp³-hybridized carbons (Fsp3) is 0.692. The quantitative estimate of drug-likeness (QED) is 0.703. The lowest BCUT2D eigenvalue weighted by Crippen LogP contribution is -2.36. The summed E-state index contributed by atoms with van der Waals surface area (Å²) in [7, 11) is 0. The summed E-state index contributed by atoms with van der Waals surface area (Å²) in [5.74, 6) is 0. The number of hydrogen-bond acceptors (Lipinski definition) is 3. The lowest BCUT2D eigenvalue weighted by molar-refractivity contribution is 0.215. The van der Waals surface area contributed by atoms with E-state index in [1.54, 1.807) is 0 Å². The van der Waals surface area contributed by atoms with E-state index in [1.807, 2.05) is 11.3 Å². The summed E-state index contributed by atoms with van der Waals surface area (Å²) in [6.07, 6.45) is 1.21. The third-order valence-corrected chi connectivity index (χ3v) is 3.53. The van der Waals surface area contributed by atoms with Crippen LogP contribution in [0.5, 0.6) is 0 Å². The number of nitrogens with one attached hydrogen (secondary N) is 1. The molecule has 16 heavy (non-hydrogen) atoms. The molecule has 1 N–H and O–H groups in total. The molecule has 0 atom stereocenters. The highest BCUT2D eigenvalue weighted by Gasteiger charge is 2.09. The van der Waals surface area contributed by atoms with Gasteiger partial charge in [0.2, 0.25) is 0 Å². The molecule has 1 rings (SSSR count). The number of nitrogens with zero attached hydrogens (tertiary/aromatic N) is 1. The normalized spacial score (nSPS) is 11.6. The number of thiophene rings is 1. The first-order chi connectivity index (χ1) is 7.74. The molecule has 0 radical (unpaired) electrons. The lowest BCUT2D eigenvalue weighted by Gasteiger charge is -2.26. The van der Waals surface area contributed by atoms with Gasteiger partial charge in [0.25, 0.3) is 0 Å². The van der Waals surface area contributed by atoms with E-state index in [9.17, 15) is 0 Å². The minimum Gasteiger partial charge on any atom is -0.315 e. The SMILES string of the molecule is CCCNCCN(Cc1cccs1)C(C)C. The zero-order valence-electron chi connectivity index (χ0n) is 10.7. The van der Waals surface area contributed by atoms with Crippen molar-refractivity contribution in [3.8, 4) is 0 Å². The van der Waals surface area contributed by atoms with E-state index in [0.29, 0.717) is 6.04 Å². The van der Waals surface area contributed by atoms with Crippen molar-refractivity contribution in [2.75, 3.05) is 19.6 Å². The molecule has 3 heteroatoms. The molecule has 0 saturated carbocycles. The standard InChI is InChI=1S/C13H24N2S/c1-4-7-14-8-9-15(12(2)3)11-13-6-5-10-16-13/h5-6,10,12,14H,4,7-9,11H2,1-3H3. The predicted octanol–water partition coefficient (Wildman–Crippen LogP) is 2.96. The summed E-state index contributed by atoms with van der Waals surface area (Å²) in [5.41, 5.74) is 0. The van der Waals surface area contributed by atoms with E-state index in [1.165, 1.54) is 11.3 Å². The van der Waals surface area contributed by atoms with Crippen LogP contribution in [0.2, 0.25) is 0 Å². The topological polar surface area (TPSA) is 15.3 Å². The molecule has 1 aromatic rings. The first-order valence-electron chi connectivity index (χ1n) is 6.21. The van der Waals surface area contributed by atoms with Gasteiger partial charge in [-0.25, -0.2) is 0 Å². The van der Waals surface area contributed by atoms with Gasteiger partial charge in [0, 0.05) is 30.6 Å². The maximum absolute atomic E-state index is 3.46. The Kier molecular flexibility index (Phi) is 6.69. The molecule has 0 bridgehead atoms. The molecule has 0 amide bonds. The van der Waals surface area contributed by atoms with Crippen molar-refractivity contribution < 1.29 is 0 Å². The summed E-state index contributed by atoms with van der Waals surface area (Å²) in [6.45, 7) is 11.2. The molecule has 0 aliphatic heterocycles.